The number of hydrogen-bond donors (Lipinski definition) is 0. The number of rotatable bonds is 0. The van der Waals surface area contributed by atoms with Crippen LogP contribution in [0.4, 0.5) is 0 Å². The molecule has 15 heavy (non-hydrogen) atoms. The monoisotopic (exact) mass is 192 g/mol. The topological polar surface area (TPSA) is 36.7 Å². The minimum absolute atomic E-state index is 0.253. The molecule has 0 aliphatic rings. The van der Waals surface area contributed by atoms with Gasteiger partial charge >= 0.3 is 0 Å². The smallest absolute Gasteiger partial charge is 0.0966 e. The lowest BCUT2D eigenvalue weighted by atomic mass is 10.1. The van der Waals surface area contributed by atoms with Crippen LogP contribution in [0, 0.1) is 23.2 Å². The highest BCUT2D eigenvalue weighted by Gasteiger charge is 1.96. The van der Waals surface area contributed by atoms with Gasteiger partial charge in [-0.05, 0) is 0 Å². The Labute approximate surface area is 88.2 Å². The van der Waals surface area contributed by atoms with E-state index in [2.05, 4.69) is 16.8 Å². The third-order valence-electron chi connectivity index (χ3n) is 2.06. The molecule has 0 amide bonds. The van der Waals surface area contributed by atoms with Gasteiger partial charge in [0, 0.05) is 23.2 Å². The largest absolute Gasteiger partial charge is 0.263 e. The molecule has 1 aromatic carbocycles. The number of pyridine rings is 1. The first-order chi connectivity index (χ1) is 7.42. The van der Waals surface area contributed by atoms with Gasteiger partial charge in [-0.25, -0.2) is 0 Å². The fourth-order valence-corrected chi connectivity index (χ4v) is 1.40. The number of nitrogens with zero attached hydrogens (tertiary/aromatic N) is 2. The molecule has 0 radical (unpaired) electrons. The van der Waals surface area contributed by atoms with Gasteiger partial charge < -0.3 is 0 Å². The normalized spacial score (nSPS) is 9.00. The average molecular weight is 192 g/mol. The summed E-state index contributed by atoms with van der Waals surface area (Å²) < 4.78 is 0. The predicted molar refractivity (Wildman–Crippen MR) is 58.9 cm³/mol. The summed E-state index contributed by atoms with van der Waals surface area (Å²) in [6.07, 6.45) is 3.79. The van der Waals surface area contributed by atoms with Crippen LogP contribution >= 0.6 is 0 Å². The van der Waals surface area contributed by atoms with Crippen molar-refractivity contribution in [3.05, 3.63) is 42.2 Å². The van der Waals surface area contributed by atoms with Crippen molar-refractivity contribution in [2.45, 2.75) is 6.42 Å². The molecule has 2 nitrogen and oxygen atoms in total. The van der Waals surface area contributed by atoms with Crippen LogP contribution in [0.3, 0.4) is 0 Å². The Morgan fingerprint density at radius 3 is 2.93 bits per heavy atom. The number of hydrogen-bond acceptors (Lipinski definition) is 2. The number of aromatic nitrogens is 1. The first kappa shape index (κ1) is 9.24. The maximum absolute atomic E-state index is 8.39. The van der Waals surface area contributed by atoms with Crippen molar-refractivity contribution < 1.29 is 0 Å². The summed E-state index contributed by atoms with van der Waals surface area (Å²) in [5.41, 5.74) is 0.878. The zero-order valence-electron chi connectivity index (χ0n) is 8.07. The van der Waals surface area contributed by atoms with E-state index in [-0.39, 0.29) is 6.42 Å². The van der Waals surface area contributed by atoms with E-state index in [9.17, 15) is 0 Å². The van der Waals surface area contributed by atoms with E-state index in [1.54, 1.807) is 6.20 Å². The third-order valence-corrected chi connectivity index (χ3v) is 2.06. The second-order valence-corrected chi connectivity index (χ2v) is 3.04. The minimum atomic E-state index is 0.253. The van der Waals surface area contributed by atoms with Crippen molar-refractivity contribution in [2.75, 3.05) is 0 Å². The Morgan fingerprint density at radius 1 is 1.20 bits per heavy atom. The zero-order chi connectivity index (χ0) is 10.5. The Balaban J connectivity index is 2.54. The molecule has 2 heteroatoms. The first-order valence-electron chi connectivity index (χ1n) is 4.60. The van der Waals surface area contributed by atoms with Crippen LogP contribution in [-0.4, -0.2) is 4.98 Å². The summed E-state index contributed by atoms with van der Waals surface area (Å²) in [6.45, 7) is 0. The van der Waals surface area contributed by atoms with Gasteiger partial charge in [-0.2, -0.15) is 5.26 Å². The van der Waals surface area contributed by atoms with Crippen LogP contribution in [0.2, 0.25) is 0 Å². The Morgan fingerprint density at radius 2 is 2.07 bits per heavy atom. The summed E-state index contributed by atoms with van der Waals surface area (Å²) in [6, 6.07) is 9.94. The van der Waals surface area contributed by atoms with Gasteiger partial charge in [0.25, 0.3) is 0 Å². The molecule has 70 valence electrons. The molecule has 0 aliphatic carbocycles. The van der Waals surface area contributed by atoms with Gasteiger partial charge in [0.05, 0.1) is 18.1 Å². The molecule has 2 aromatic rings. The molecular weight excluding hydrogens is 184 g/mol. The standard InChI is InChI=1S/C13H8N2/c14-8-4-3-6-12-10-15-9-11-5-1-2-7-13(11)12/h1-2,5,7,9-10H,4H2. The summed E-state index contributed by atoms with van der Waals surface area (Å²) >= 11 is 0. The van der Waals surface area contributed by atoms with Crippen molar-refractivity contribution in [1.82, 2.24) is 4.98 Å². The molecule has 0 unspecified atom stereocenters. The van der Waals surface area contributed by atoms with E-state index in [0.717, 1.165) is 16.3 Å². The fourth-order valence-electron chi connectivity index (χ4n) is 1.40. The van der Waals surface area contributed by atoms with Crippen molar-refractivity contribution in [3.8, 4) is 17.9 Å². The van der Waals surface area contributed by atoms with Crippen molar-refractivity contribution in [2.24, 2.45) is 0 Å². The Bertz CT molecular complexity index is 577. The molecule has 0 bridgehead atoms. The number of benzene rings is 1. The second-order valence-electron chi connectivity index (χ2n) is 3.04. The lowest BCUT2D eigenvalue weighted by Gasteiger charge is -1.98. The SMILES string of the molecule is N#CCC#Cc1cncc2ccccc12. The molecule has 0 saturated carbocycles. The first-order valence-corrected chi connectivity index (χ1v) is 4.60. The number of fused-ring (bicyclic) bond motifs is 1. The Hall–Kier alpha value is -2.32. The third kappa shape index (κ3) is 1.95. The molecule has 0 fully saturated rings. The van der Waals surface area contributed by atoms with E-state index >= 15 is 0 Å². The Kier molecular flexibility index (Phi) is 2.63. The van der Waals surface area contributed by atoms with E-state index in [0.29, 0.717) is 0 Å². The molecule has 1 aromatic heterocycles. The van der Waals surface area contributed by atoms with Gasteiger partial charge in [-0.1, -0.05) is 36.1 Å². The van der Waals surface area contributed by atoms with E-state index in [1.807, 2.05) is 36.5 Å². The second kappa shape index (κ2) is 4.26. The van der Waals surface area contributed by atoms with Crippen molar-refractivity contribution in [1.29, 1.82) is 5.26 Å². The zero-order valence-corrected chi connectivity index (χ0v) is 8.07. The predicted octanol–water partition coefficient (Wildman–Crippen LogP) is 2.50. The van der Waals surface area contributed by atoms with E-state index < -0.39 is 0 Å². The van der Waals surface area contributed by atoms with Gasteiger partial charge in [0.15, 0.2) is 0 Å². The van der Waals surface area contributed by atoms with Crippen molar-refractivity contribution >= 4 is 10.8 Å². The molecule has 2 rings (SSSR count). The quantitative estimate of drug-likeness (QED) is 0.601. The highest BCUT2D eigenvalue weighted by atomic mass is 14.6. The maximum atomic E-state index is 8.39. The summed E-state index contributed by atoms with van der Waals surface area (Å²) in [7, 11) is 0. The van der Waals surface area contributed by atoms with Crippen LogP contribution in [-0.2, 0) is 0 Å². The number of nitriles is 1. The summed E-state index contributed by atoms with van der Waals surface area (Å²) in [5, 5.41) is 10.5. The van der Waals surface area contributed by atoms with E-state index in [4.69, 9.17) is 5.26 Å². The molecular formula is C13H8N2. The van der Waals surface area contributed by atoms with Gasteiger partial charge in [-0.15, -0.1) is 0 Å². The van der Waals surface area contributed by atoms with Crippen molar-refractivity contribution in [3.63, 3.8) is 0 Å². The maximum Gasteiger partial charge on any atom is 0.0966 e. The summed E-state index contributed by atoms with van der Waals surface area (Å²) in [5.74, 6) is 5.75. The van der Waals surface area contributed by atoms with Crippen LogP contribution in [0.15, 0.2) is 36.7 Å². The highest BCUT2D eigenvalue weighted by Crippen LogP contribution is 2.15. The average Bonchev–Trinajstić information content (AvgIpc) is 2.30. The van der Waals surface area contributed by atoms with Crippen LogP contribution < -0.4 is 0 Å². The molecule has 0 N–H and O–H groups in total. The minimum Gasteiger partial charge on any atom is -0.263 e. The van der Waals surface area contributed by atoms with Gasteiger partial charge in [0.1, 0.15) is 0 Å². The van der Waals surface area contributed by atoms with E-state index in [1.165, 1.54) is 0 Å². The highest BCUT2D eigenvalue weighted by molar-refractivity contribution is 5.87. The van der Waals surface area contributed by atoms with Crippen LogP contribution in [0.1, 0.15) is 12.0 Å². The lowest BCUT2D eigenvalue weighted by Crippen LogP contribution is -1.81. The molecule has 0 spiro atoms. The van der Waals surface area contributed by atoms with Gasteiger partial charge in [0.2, 0.25) is 0 Å². The molecule has 1 heterocycles. The fraction of sp³-hybridized carbons (Fsp3) is 0.0769. The molecule has 0 atom stereocenters. The molecule has 0 saturated heterocycles. The lowest BCUT2D eigenvalue weighted by molar-refractivity contribution is 1.35. The van der Waals surface area contributed by atoms with Gasteiger partial charge in [-0.3, -0.25) is 4.98 Å². The van der Waals surface area contributed by atoms with Crippen LogP contribution in [0.25, 0.3) is 10.8 Å². The molecule has 0 aliphatic heterocycles. The summed E-state index contributed by atoms with van der Waals surface area (Å²) in [4.78, 5) is 4.11. The van der Waals surface area contributed by atoms with Crippen LogP contribution in [0.5, 0.6) is 0 Å².